The molecule has 0 bridgehead atoms. The van der Waals surface area contributed by atoms with Gasteiger partial charge in [-0.3, -0.25) is 4.79 Å². The number of rotatable bonds is 7. The van der Waals surface area contributed by atoms with Crippen molar-refractivity contribution in [3.05, 3.63) is 22.7 Å². The van der Waals surface area contributed by atoms with Crippen molar-refractivity contribution in [2.45, 2.75) is 86.2 Å². The Kier molecular flexibility index (Phi) is 8.23. The molecule has 0 aromatic rings. The highest BCUT2D eigenvalue weighted by atomic mass is 79.9. The fourth-order valence-corrected chi connectivity index (χ4v) is 6.22. The maximum absolute atomic E-state index is 12.0. The lowest BCUT2D eigenvalue weighted by Crippen LogP contribution is -2.37. The predicted molar refractivity (Wildman–Crippen MR) is 124 cm³/mol. The second kappa shape index (κ2) is 9.68. The molecule has 2 fully saturated rings. The molecule has 2 aliphatic rings. The molecule has 166 valence electrons. The smallest absolute Gasteiger partial charge is 0.311 e. The lowest BCUT2D eigenvalue weighted by atomic mass is 9.61. The van der Waals surface area contributed by atoms with Gasteiger partial charge in [-0.15, -0.1) is 0 Å². The van der Waals surface area contributed by atoms with Gasteiger partial charge in [0.05, 0.1) is 11.5 Å². The first-order valence-electron chi connectivity index (χ1n) is 11.2. The van der Waals surface area contributed by atoms with E-state index in [1.807, 2.05) is 27.7 Å². The third-order valence-corrected chi connectivity index (χ3v) is 8.29. The molecular formula is C25H41BrO3. The summed E-state index contributed by atoms with van der Waals surface area (Å²) in [6, 6.07) is 0. The molecule has 0 heterocycles. The second-order valence-electron chi connectivity index (χ2n) is 10.8. The van der Waals surface area contributed by atoms with Crippen LogP contribution in [-0.2, 0) is 9.53 Å². The molecule has 0 aromatic heterocycles. The number of hydrogen-bond donors (Lipinski definition) is 1. The number of allylic oxidation sites excluding steroid dienone is 1. The van der Waals surface area contributed by atoms with Crippen LogP contribution in [0.3, 0.4) is 0 Å². The molecule has 2 rings (SSSR count). The van der Waals surface area contributed by atoms with Crippen LogP contribution in [0.15, 0.2) is 22.7 Å². The van der Waals surface area contributed by atoms with Gasteiger partial charge in [0.2, 0.25) is 0 Å². The summed E-state index contributed by atoms with van der Waals surface area (Å²) in [5.41, 5.74) is 2.20. The van der Waals surface area contributed by atoms with E-state index in [-0.39, 0.29) is 18.5 Å². The van der Waals surface area contributed by atoms with Crippen molar-refractivity contribution in [2.24, 2.45) is 34.5 Å². The van der Waals surface area contributed by atoms with E-state index < -0.39 is 11.5 Å². The zero-order valence-electron chi connectivity index (χ0n) is 19.3. The lowest BCUT2D eigenvalue weighted by Gasteiger charge is -2.44. The molecule has 0 radical (unpaired) electrons. The first-order valence-corrected chi connectivity index (χ1v) is 12.2. The minimum absolute atomic E-state index is 0.0837. The SMILES string of the molecule is C=C(COC(=O)C(C)(C)C)[C@H](C)[C@H](O)C[C@@H](C)[C@H]1CC[C@H]2/C(=C/Br)CCC[C@]12C. The fourth-order valence-electron chi connectivity index (χ4n) is 5.67. The summed E-state index contributed by atoms with van der Waals surface area (Å²) in [4.78, 5) is 14.2. The van der Waals surface area contributed by atoms with Crippen LogP contribution >= 0.6 is 15.9 Å². The molecule has 0 aromatic carbocycles. The Morgan fingerprint density at radius 2 is 2.03 bits per heavy atom. The van der Waals surface area contributed by atoms with Crippen LogP contribution in [0.25, 0.3) is 0 Å². The van der Waals surface area contributed by atoms with Crippen molar-refractivity contribution in [2.75, 3.05) is 6.61 Å². The largest absolute Gasteiger partial charge is 0.461 e. The Bertz CT molecular complexity index is 632. The highest BCUT2D eigenvalue weighted by Crippen LogP contribution is 2.60. The van der Waals surface area contributed by atoms with Crippen LogP contribution in [0.2, 0.25) is 0 Å². The Balaban J connectivity index is 1.93. The van der Waals surface area contributed by atoms with Crippen molar-refractivity contribution < 1.29 is 14.6 Å². The van der Waals surface area contributed by atoms with Crippen LogP contribution in [0.5, 0.6) is 0 Å². The van der Waals surface area contributed by atoms with Crippen molar-refractivity contribution >= 4 is 21.9 Å². The zero-order valence-corrected chi connectivity index (χ0v) is 20.8. The van der Waals surface area contributed by atoms with Crippen LogP contribution in [-0.4, -0.2) is 23.8 Å². The molecule has 2 saturated carbocycles. The van der Waals surface area contributed by atoms with Gasteiger partial charge in [-0.05, 0) is 93.0 Å². The average Bonchev–Trinajstić information content (AvgIpc) is 3.01. The van der Waals surface area contributed by atoms with Crippen molar-refractivity contribution in [3.63, 3.8) is 0 Å². The van der Waals surface area contributed by atoms with E-state index in [1.54, 1.807) is 5.57 Å². The number of ether oxygens (including phenoxy) is 1. The van der Waals surface area contributed by atoms with Crippen molar-refractivity contribution in [3.8, 4) is 0 Å². The molecule has 0 amide bonds. The molecule has 3 nitrogen and oxygen atoms in total. The molecule has 6 atom stereocenters. The predicted octanol–water partition coefficient (Wildman–Crippen LogP) is 6.65. The summed E-state index contributed by atoms with van der Waals surface area (Å²) in [6.07, 6.45) is 6.61. The van der Waals surface area contributed by atoms with Crippen LogP contribution in [0, 0.1) is 34.5 Å². The van der Waals surface area contributed by atoms with Crippen molar-refractivity contribution in [1.82, 2.24) is 0 Å². The molecule has 0 saturated heterocycles. The van der Waals surface area contributed by atoms with Gasteiger partial charge in [-0.2, -0.15) is 0 Å². The summed E-state index contributed by atoms with van der Waals surface area (Å²) in [6.45, 7) is 16.6. The highest BCUT2D eigenvalue weighted by molar-refractivity contribution is 9.11. The topological polar surface area (TPSA) is 46.5 Å². The quantitative estimate of drug-likeness (QED) is 0.335. The van der Waals surface area contributed by atoms with E-state index in [0.29, 0.717) is 23.2 Å². The minimum Gasteiger partial charge on any atom is -0.461 e. The van der Waals surface area contributed by atoms with Gasteiger partial charge in [0, 0.05) is 5.92 Å². The maximum atomic E-state index is 12.0. The van der Waals surface area contributed by atoms with E-state index >= 15 is 0 Å². The van der Waals surface area contributed by atoms with Crippen LogP contribution < -0.4 is 0 Å². The normalized spacial score (nSPS) is 31.8. The summed E-state index contributed by atoms with van der Waals surface area (Å²) in [5, 5.41) is 10.9. The molecular weight excluding hydrogens is 428 g/mol. The van der Waals surface area contributed by atoms with E-state index in [4.69, 9.17) is 4.74 Å². The second-order valence-corrected chi connectivity index (χ2v) is 11.3. The summed E-state index contributed by atoms with van der Waals surface area (Å²) in [5.74, 6) is 1.47. The number of aliphatic hydroxyl groups is 1. The Morgan fingerprint density at radius 3 is 2.62 bits per heavy atom. The number of hydrogen-bond acceptors (Lipinski definition) is 3. The summed E-state index contributed by atoms with van der Waals surface area (Å²) >= 11 is 3.59. The van der Waals surface area contributed by atoms with Gasteiger partial charge in [-0.1, -0.05) is 48.9 Å². The fraction of sp³-hybridized carbons (Fsp3) is 0.800. The monoisotopic (exact) mass is 468 g/mol. The molecule has 4 heteroatoms. The first-order chi connectivity index (χ1) is 13.4. The third-order valence-electron chi connectivity index (χ3n) is 7.70. The summed E-state index contributed by atoms with van der Waals surface area (Å²) < 4.78 is 5.39. The zero-order chi connectivity index (χ0) is 22.0. The molecule has 0 unspecified atom stereocenters. The Hall–Kier alpha value is -0.610. The average molecular weight is 470 g/mol. The highest BCUT2D eigenvalue weighted by Gasteiger charge is 2.50. The molecule has 29 heavy (non-hydrogen) atoms. The number of fused-ring (bicyclic) bond motifs is 1. The van der Waals surface area contributed by atoms with E-state index in [0.717, 1.165) is 12.0 Å². The molecule has 0 spiro atoms. The standard InChI is InChI=1S/C25H41BrO3/c1-16(20-10-11-21-19(14-26)9-8-12-25(20,21)7)13-22(27)18(3)17(2)15-29-23(28)24(4,5)6/h14,16,18,20-22,27H,2,8-13,15H2,1,3-7H3/b19-14+/t16-,18+,20-,21+,22-,25-/m1/s1. The Labute approximate surface area is 186 Å². The van der Waals surface area contributed by atoms with E-state index in [1.165, 1.54) is 32.1 Å². The van der Waals surface area contributed by atoms with Gasteiger partial charge in [0.25, 0.3) is 0 Å². The van der Waals surface area contributed by atoms with Gasteiger partial charge in [0.1, 0.15) is 6.61 Å². The Morgan fingerprint density at radius 1 is 1.38 bits per heavy atom. The van der Waals surface area contributed by atoms with Crippen LogP contribution in [0.4, 0.5) is 0 Å². The number of carbonyl (C=O) groups is 1. The number of carbonyl (C=O) groups excluding carboxylic acids is 1. The maximum Gasteiger partial charge on any atom is 0.311 e. The molecule has 2 aliphatic carbocycles. The third kappa shape index (κ3) is 5.55. The number of esters is 1. The van der Waals surface area contributed by atoms with E-state index in [9.17, 15) is 9.90 Å². The molecule has 0 aliphatic heterocycles. The number of halogens is 1. The summed E-state index contributed by atoms with van der Waals surface area (Å²) in [7, 11) is 0. The minimum atomic E-state index is -0.520. The van der Waals surface area contributed by atoms with Gasteiger partial charge in [0.15, 0.2) is 0 Å². The van der Waals surface area contributed by atoms with Gasteiger partial charge in [-0.25, -0.2) is 0 Å². The van der Waals surface area contributed by atoms with Crippen molar-refractivity contribution in [1.29, 1.82) is 0 Å². The number of aliphatic hydroxyl groups excluding tert-OH is 1. The van der Waals surface area contributed by atoms with Gasteiger partial charge < -0.3 is 9.84 Å². The molecule has 1 N–H and O–H groups in total. The lowest BCUT2D eigenvalue weighted by molar-refractivity contribution is -0.152. The van der Waals surface area contributed by atoms with E-state index in [2.05, 4.69) is 41.3 Å². The van der Waals surface area contributed by atoms with Gasteiger partial charge >= 0.3 is 5.97 Å². The first kappa shape index (κ1) is 24.7. The van der Waals surface area contributed by atoms with Crippen LogP contribution in [0.1, 0.15) is 80.1 Å².